The average molecular weight is 385 g/mol. The largest absolute Gasteiger partial charge is 0.378 e. The lowest BCUT2D eigenvalue weighted by Gasteiger charge is -2.33. The summed E-state index contributed by atoms with van der Waals surface area (Å²) < 4.78 is 5.04. The molecular weight excluding hydrogens is 358 g/mol. The van der Waals surface area contributed by atoms with Crippen LogP contribution in [0.25, 0.3) is 0 Å². The van der Waals surface area contributed by atoms with Gasteiger partial charge in [-0.3, -0.25) is 14.5 Å². The fourth-order valence-electron chi connectivity index (χ4n) is 3.10. The molecule has 2 aromatic rings. The molecule has 0 saturated carbocycles. The smallest absolute Gasteiger partial charge is 0.292 e. The van der Waals surface area contributed by atoms with E-state index in [1.807, 2.05) is 43.3 Å². The van der Waals surface area contributed by atoms with E-state index in [4.69, 9.17) is 4.52 Å². The van der Waals surface area contributed by atoms with Gasteiger partial charge in [0.15, 0.2) is 0 Å². The Hall–Kier alpha value is -2.87. The van der Waals surface area contributed by atoms with Gasteiger partial charge < -0.3 is 19.6 Å². The van der Waals surface area contributed by atoms with Crippen molar-refractivity contribution in [2.45, 2.75) is 13.5 Å². The topological polar surface area (TPSA) is 81.9 Å². The predicted octanol–water partition coefficient (Wildman–Crippen LogP) is 1.12. The highest BCUT2D eigenvalue weighted by atomic mass is 16.5. The number of nitrogens with zero attached hydrogens (tertiary/aromatic N) is 4. The first-order chi connectivity index (χ1) is 13.4. The molecule has 0 radical (unpaired) electrons. The number of benzene rings is 1. The summed E-state index contributed by atoms with van der Waals surface area (Å²) in [5.74, 6) is 0.108. The summed E-state index contributed by atoms with van der Waals surface area (Å²) in [4.78, 5) is 30.4. The lowest BCUT2D eigenvalue weighted by atomic mass is 10.2. The molecule has 0 aliphatic carbocycles. The third-order valence-electron chi connectivity index (χ3n) is 4.81. The molecule has 8 heteroatoms. The monoisotopic (exact) mass is 385 g/mol. The zero-order valence-electron chi connectivity index (χ0n) is 16.6. The molecule has 2 amide bonds. The number of nitrogens with one attached hydrogen (secondary N) is 1. The van der Waals surface area contributed by atoms with Gasteiger partial charge in [-0.05, 0) is 24.6 Å². The van der Waals surface area contributed by atoms with Crippen LogP contribution in [0.4, 0.5) is 5.69 Å². The van der Waals surface area contributed by atoms with E-state index in [2.05, 4.69) is 15.4 Å². The Balaban J connectivity index is 1.40. The van der Waals surface area contributed by atoms with Crippen molar-refractivity contribution in [2.24, 2.45) is 0 Å². The van der Waals surface area contributed by atoms with Gasteiger partial charge in [0.1, 0.15) is 0 Å². The summed E-state index contributed by atoms with van der Waals surface area (Å²) in [7, 11) is 3.99. The number of carbonyl (C=O) groups is 2. The molecule has 1 saturated heterocycles. The molecule has 1 aromatic heterocycles. The Morgan fingerprint density at radius 3 is 2.39 bits per heavy atom. The van der Waals surface area contributed by atoms with Crippen LogP contribution in [0.15, 0.2) is 34.9 Å². The van der Waals surface area contributed by atoms with E-state index in [9.17, 15) is 9.59 Å². The fourth-order valence-corrected chi connectivity index (χ4v) is 3.10. The Bertz CT molecular complexity index is 808. The quantitative estimate of drug-likeness (QED) is 0.803. The Labute approximate surface area is 165 Å². The maximum atomic E-state index is 12.4. The SMILES string of the molecule is Cc1cc(C(=O)N2CCN(CC(=O)NCc3ccc(N(C)C)cc3)CC2)on1. The van der Waals surface area contributed by atoms with Crippen molar-refractivity contribution in [3.05, 3.63) is 47.3 Å². The maximum Gasteiger partial charge on any atom is 0.292 e. The highest BCUT2D eigenvalue weighted by molar-refractivity contribution is 5.91. The summed E-state index contributed by atoms with van der Waals surface area (Å²) in [5.41, 5.74) is 2.88. The van der Waals surface area contributed by atoms with Gasteiger partial charge in [-0.2, -0.15) is 0 Å². The third kappa shape index (κ3) is 5.10. The molecule has 8 nitrogen and oxygen atoms in total. The first-order valence-electron chi connectivity index (χ1n) is 9.40. The number of anilines is 1. The highest BCUT2D eigenvalue weighted by Crippen LogP contribution is 2.12. The number of aryl methyl sites for hydroxylation is 1. The minimum Gasteiger partial charge on any atom is -0.378 e. The van der Waals surface area contributed by atoms with Crippen LogP contribution in [-0.4, -0.2) is 73.6 Å². The Morgan fingerprint density at radius 1 is 1.14 bits per heavy atom. The summed E-state index contributed by atoms with van der Waals surface area (Å²) in [6, 6.07) is 9.76. The zero-order valence-corrected chi connectivity index (χ0v) is 16.6. The molecule has 0 unspecified atom stereocenters. The van der Waals surface area contributed by atoms with Gasteiger partial charge in [-0.25, -0.2) is 0 Å². The molecule has 1 aromatic carbocycles. The first-order valence-corrected chi connectivity index (χ1v) is 9.40. The molecule has 3 rings (SSSR count). The van der Waals surface area contributed by atoms with Crippen molar-refractivity contribution in [1.29, 1.82) is 0 Å². The normalized spacial score (nSPS) is 14.8. The first kappa shape index (κ1) is 19.9. The summed E-state index contributed by atoms with van der Waals surface area (Å²) in [5, 5.41) is 6.72. The molecule has 2 heterocycles. The molecule has 0 bridgehead atoms. The molecular formula is C20H27N5O3. The molecule has 150 valence electrons. The third-order valence-corrected chi connectivity index (χ3v) is 4.81. The van der Waals surface area contributed by atoms with Crippen molar-refractivity contribution in [2.75, 3.05) is 51.7 Å². The van der Waals surface area contributed by atoms with Crippen LogP contribution < -0.4 is 10.2 Å². The van der Waals surface area contributed by atoms with Crippen LogP contribution in [0.5, 0.6) is 0 Å². The Kier molecular flexibility index (Phi) is 6.30. The molecule has 1 N–H and O–H groups in total. The van der Waals surface area contributed by atoms with Crippen molar-refractivity contribution in [1.82, 2.24) is 20.3 Å². The van der Waals surface area contributed by atoms with Crippen LogP contribution in [0.2, 0.25) is 0 Å². The van der Waals surface area contributed by atoms with Crippen LogP contribution in [0.3, 0.4) is 0 Å². The number of hydrogen-bond acceptors (Lipinski definition) is 6. The minimum absolute atomic E-state index is 0.0117. The van der Waals surface area contributed by atoms with Gasteiger partial charge >= 0.3 is 0 Å². The second-order valence-corrected chi connectivity index (χ2v) is 7.24. The van der Waals surface area contributed by atoms with E-state index >= 15 is 0 Å². The van der Waals surface area contributed by atoms with E-state index in [-0.39, 0.29) is 17.6 Å². The Morgan fingerprint density at radius 2 is 1.82 bits per heavy atom. The molecule has 0 spiro atoms. The van der Waals surface area contributed by atoms with Gasteiger partial charge in [-0.1, -0.05) is 17.3 Å². The zero-order chi connectivity index (χ0) is 20.1. The number of piperazine rings is 1. The summed E-state index contributed by atoms with van der Waals surface area (Å²) in [6.07, 6.45) is 0. The van der Waals surface area contributed by atoms with Gasteiger partial charge in [0.2, 0.25) is 11.7 Å². The van der Waals surface area contributed by atoms with Crippen molar-refractivity contribution in [3.63, 3.8) is 0 Å². The minimum atomic E-state index is -0.147. The van der Waals surface area contributed by atoms with Crippen LogP contribution >= 0.6 is 0 Å². The van der Waals surface area contributed by atoms with Gasteiger partial charge in [0, 0.05) is 58.6 Å². The maximum absolute atomic E-state index is 12.4. The summed E-state index contributed by atoms with van der Waals surface area (Å²) in [6.45, 7) is 5.08. The predicted molar refractivity (Wildman–Crippen MR) is 106 cm³/mol. The lowest BCUT2D eigenvalue weighted by molar-refractivity contribution is -0.122. The van der Waals surface area contributed by atoms with E-state index in [0.717, 1.165) is 11.3 Å². The second kappa shape index (κ2) is 8.88. The van der Waals surface area contributed by atoms with Gasteiger partial charge in [0.25, 0.3) is 5.91 Å². The number of carbonyl (C=O) groups excluding carboxylic acids is 2. The second-order valence-electron chi connectivity index (χ2n) is 7.24. The van der Waals surface area contributed by atoms with E-state index in [1.165, 1.54) is 0 Å². The van der Waals surface area contributed by atoms with Crippen molar-refractivity contribution in [3.8, 4) is 0 Å². The van der Waals surface area contributed by atoms with E-state index < -0.39 is 0 Å². The molecule has 0 atom stereocenters. The average Bonchev–Trinajstić information content (AvgIpc) is 3.13. The lowest BCUT2D eigenvalue weighted by Crippen LogP contribution is -2.51. The molecule has 1 aliphatic heterocycles. The number of amides is 2. The van der Waals surface area contributed by atoms with Gasteiger partial charge in [-0.15, -0.1) is 0 Å². The van der Waals surface area contributed by atoms with Crippen molar-refractivity contribution >= 4 is 17.5 Å². The molecule has 28 heavy (non-hydrogen) atoms. The van der Waals surface area contributed by atoms with Crippen LogP contribution in [-0.2, 0) is 11.3 Å². The van der Waals surface area contributed by atoms with Crippen LogP contribution in [0.1, 0.15) is 21.8 Å². The summed E-state index contributed by atoms with van der Waals surface area (Å²) >= 11 is 0. The number of aromatic nitrogens is 1. The number of hydrogen-bond donors (Lipinski definition) is 1. The fraction of sp³-hybridized carbons (Fsp3) is 0.450. The molecule has 1 fully saturated rings. The van der Waals surface area contributed by atoms with E-state index in [0.29, 0.717) is 45.0 Å². The van der Waals surface area contributed by atoms with Crippen LogP contribution in [0, 0.1) is 6.92 Å². The van der Waals surface area contributed by atoms with Crippen molar-refractivity contribution < 1.29 is 14.1 Å². The van der Waals surface area contributed by atoms with E-state index in [1.54, 1.807) is 17.9 Å². The highest BCUT2D eigenvalue weighted by Gasteiger charge is 2.25. The number of rotatable bonds is 6. The standard InChI is InChI=1S/C20H27N5O3/c1-15-12-18(28-22-15)20(27)25-10-8-24(9-11-25)14-19(26)21-13-16-4-6-17(7-5-16)23(2)3/h4-7,12H,8-11,13-14H2,1-3H3,(H,21,26). The van der Waals surface area contributed by atoms with Gasteiger partial charge in [0.05, 0.1) is 12.2 Å². The molecule has 1 aliphatic rings.